The maximum absolute atomic E-state index is 13.2. The van der Waals surface area contributed by atoms with Crippen molar-refractivity contribution >= 4 is 41.8 Å². The summed E-state index contributed by atoms with van der Waals surface area (Å²) in [5.74, 6) is 0.343. The molecule has 2 amide bonds. The van der Waals surface area contributed by atoms with E-state index in [9.17, 15) is 14.0 Å². The van der Waals surface area contributed by atoms with Crippen LogP contribution in [0.3, 0.4) is 0 Å². The van der Waals surface area contributed by atoms with Crippen molar-refractivity contribution in [3.8, 4) is 0 Å². The van der Waals surface area contributed by atoms with Gasteiger partial charge in [0.2, 0.25) is 11.8 Å². The van der Waals surface area contributed by atoms with Crippen molar-refractivity contribution in [3.63, 3.8) is 0 Å². The van der Waals surface area contributed by atoms with Crippen LogP contribution in [0.25, 0.3) is 0 Å². The summed E-state index contributed by atoms with van der Waals surface area (Å²) in [6, 6.07) is 6.21. The van der Waals surface area contributed by atoms with E-state index in [1.807, 2.05) is 18.7 Å². The van der Waals surface area contributed by atoms with Gasteiger partial charge in [-0.15, -0.1) is 24.0 Å². The number of hydrogen-bond donors (Lipinski definition) is 3. The summed E-state index contributed by atoms with van der Waals surface area (Å²) < 4.78 is 13.2. The van der Waals surface area contributed by atoms with Gasteiger partial charge in [0, 0.05) is 38.6 Å². The van der Waals surface area contributed by atoms with Gasteiger partial charge in [0.05, 0.1) is 13.0 Å². The van der Waals surface area contributed by atoms with Crippen molar-refractivity contribution < 1.29 is 14.0 Å². The van der Waals surface area contributed by atoms with Crippen LogP contribution in [0, 0.1) is 5.82 Å². The summed E-state index contributed by atoms with van der Waals surface area (Å²) in [5, 5.41) is 9.33. The number of benzene rings is 1. The maximum Gasteiger partial charge on any atom is 0.224 e. The molecule has 1 heterocycles. The van der Waals surface area contributed by atoms with Crippen LogP contribution >= 0.6 is 24.0 Å². The predicted molar refractivity (Wildman–Crippen MR) is 123 cm³/mol. The molecule has 0 saturated carbocycles. The molecule has 1 unspecified atom stereocenters. The average molecular weight is 519 g/mol. The Morgan fingerprint density at radius 3 is 2.76 bits per heavy atom. The highest BCUT2D eigenvalue weighted by Crippen LogP contribution is 2.10. The Bertz CT molecular complexity index is 701. The Balaban J connectivity index is 0.00000420. The van der Waals surface area contributed by atoms with Gasteiger partial charge < -0.3 is 20.9 Å². The van der Waals surface area contributed by atoms with Gasteiger partial charge in [0.25, 0.3) is 0 Å². The van der Waals surface area contributed by atoms with Crippen molar-refractivity contribution in [2.75, 3.05) is 32.7 Å². The monoisotopic (exact) mass is 519 g/mol. The summed E-state index contributed by atoms with van der Waals surface area (Å²) >= 11 is 0. The van der Waals surface area contributed by atoms with Crippen molar-refractivity contribution in [2.24, 2.45) is 4.99 Å². The molecular formula is C20H31FIN5O2. The van der Waals surface area contributed by atoms with Crippen LogP contribution in [0.5, 0.6) is 0 Å². The fraction of sp³-hybridized carbons (Fsp3) is 0.550. The van der Waals surface area contributed by atoms with E-state index in [-0.39, 0.29) is 54.1 Å². The highest BCUT2D eigenvalue weighted by molar-refractivity contribution is 14.0. The summed E-state index contributed by atoms with van der Waals surface area (Å²) in [6.07, 6.45) is 1.56. The summed E-state index contributed by atoms with van der Waals surface area (Å²) in [7, 11) is 0. The van der Waals surface area contributed by atoms with Crippen molar-refractivity contribution in [1.82, 2.24) is 20.9 Å². The highest BCUT2D eigenvalue weighted by Gasteiger charge is 2.25. The Labute approximate surface area is 188 Å². The van der Waals surface area contributed by atoms with E-state index < -0.39 is 0 Å². The SMILES string of the molecule is CCNC(=NCCNC(=O)Cc1cccc(F)c1)NC1CCN(C(=O)CC)C1.I. The summed E-state index contributed by atoms with van der Waals surface area (Å²) in [5.41, 5.74) is 0.642. The standard InChI is InChI=1S/C20H30FN5O2.HI/c1-3-19(28)26-11-8-17(14-26)25-20(22-4-2)24-10-9-23-18(27)13-15-6-5-7-16(21)12-15;/h5-7,12,17H,3-4,8-11,13-14H2,1-2H3,(H,23,27)(H2,22,24,25);1H. The third-order valence-electron chi connectivity index (χ3n) is 4.49. The zero-order valence-corrected chi connectivity index (χ0v) is 19.4. The number of hydrogen-bond acceptors (Lipinski definition) is 3. The second-order valence-corrected chi connectivity index (χ2v) is 6.74. The molecule has 1 fully saturated rings. The third kappa shape index (κ3) is 8.97. The van der Waals surface area contributed by atoms with Gasteiger partial charge in [0.15, 0.2) is 5.96 Å². The van der Waals surface area contributed by atoms with Crippen LogP contribution in [0.4, 0.5) is 4.39 Å². The normalized spacial score (nSPS) is 16.2. The topological polar surface area (TPSA) is 85.8 Å². The van der Waals surface area contributed by atoms with Gasteiger partial charge in [-0.2, -0.15) is 0 Å². The molecule has 1 aromatic carbocycles. The fourth-order valence-corrected chi connectivity index (χ4v) is 3.10. The van der Waals surface area contributed by atoms with Crippen LogP contribution in [0.2, 0.25) is 0 Å². The lowest BCUT2D eigenvalue weighted by atomic mass is 10.1. The Hall–Kier alpha value is -1.91. The van der Waals surface area contributed by atoms with Crippen LogP contribution in [0.15, 0.2) is 29.3 Å². The summed E-state index contributed by atoms with van der Waals surface area (Å²) in [4.78, 5) is 30.1. The number of nitrogens with zero attached hydrogens (tertiary/aromatic N) is 2. The molecule has 1 saturated heterocycles. The van der Waals surface area contributed by atoms with Gasteiger partial charge in [0.1, 0.15) is 5.82 Å². The lowest BCUT2D eigenvalue weighted by Crippen LogP contribution is -2.45. The molecule has 0 radical (unpaired) electrons. The van der Waals surface area contributed by atoms with E-state index in [2.05, 4.69) is 20.9 Å². The first-order chi connectivity index (χ1) is 13.5. The smallest absolute Gasteiger partial charge is 0.224 e. The molecule has 0 spiro atoms. The zero-order valence-electron chi connectivity index (χ0n) is 17.0. The number of likely N-dealkylation sites (tertiary alicyclic amines) is 1. The van der Waals surface area contributed by atoms with Crippen LogP contribution in [-0.4, -0.2) is 61.4 Å². The minimum Gasteiger partial charge on any atom is -0.357 e. The van der Waals surface area contributed by atoms with E-state index >= 15 is 0 Å². The zero-order chi connectivity index (χ0) is 20.4. The Morgan fingerprint density at radius 1 is 1.28 bits per heavy atom. The van der Waals surface area contributed by atoms with Gasteiger partial charge in [-0.25, -0.2) is 4.39 Å². The van der Waals surface area contributed by atoms with E-state index in [4.69, 9.17) is 0 Å². The second kappa shape index (κ2) is 13.3. The van der Waals surface area contributed by atoms with Crippen molar-refractivity contribution in [2.45, 2.75) is 39.2 Å². The summed E-state index contributed by atoms with van der Waals surface area (Å²) in [6.45, 7) is 6.85. The van der Waals surface area contributed by atoms with Crippen LogP contribution in [-0.2, 0) is 16.0 Å². The molecule has 1 atom stereocenters. The van der Waals surface area contributed by atoms with E-state index in [1.54, 1.807) is 12.1 Å². The lowest BCUT2D eigenvalue weighted by molar-refractivity contribution is -0.129. The number of aliphatic imine (C=N–C) groups is 1. The van der Waals surface area contributed by atoms with Gasteiger partial charge in [-0.1, -0.05) is 19.1 Å². The molecule has 9 heteroatoms. The number of carbonyl (C=O) groups excluding carboxylic acids is 2. The molecule has 162 valence electrons. The molecule has 7 nitrogen and oxygen atoms in total. The second-order valence-electron chi connectivity index (χ2n) is 6.74. The molecule has 29 heavy (non-hydrogen) atoms. The number of nitrogens with one attached hydrogen (secondary N) is 3. The van der Waals surface area contributed by atoms with Crippen molar-refractivity contribution in [3.05, 3.63) is 35.6 Å². The number of amides is 2. The molecule has 1 aliphatic rings. The first-order valence-corrected chi connectivity index (χ1v) is 9.85. The van der Waals surface area contributed by atoms with Gasteiger partial charge in [-0.3, -0.25) is 14.6 Å². The Morgan fingerprint density at radius 2 is 2.07 bits per heavy atom. The van der Waals surface area contributed by atoms with Crippen LogP contribution in [0.1, 0.15) is 32.3 Å². The predicted octanol–water partition coefficient (Wildman–Crippen LogP) is 1.67. The van der Waals surface area contributed by atoms with E-state index in [0.29, 0.717) is 37.6 Å². The number of guanidine groups is 1. The molecule has 2 rings (SSSR count). The maximum atomic E-state index is 13.2. The first kappa shape index (κ1) is 25.1. The molecule has 3 N–H and O–H groups in total. The molecule has 0 bridgehead atoms. The fourth-order valence-electron chi connectivity index (χ4n) is 3.10. The first-order valence-electron chi connectivity index (χ1n) is 9.85. The number of rotatable bonds is 8. The molecule has 1 aliphatic heterocycles. The largest absolute Gasteiger partial charge is 0.357 e. The quantitative estimate of drug-likeness (QED) is 0.211. The average Bonchev–Trinajstić information content (AvgIpc) is 3.13. The van der Waals surface area contributed by atoms with Crippen molar-refractivity contribution in [1.29, 1.82) is 0 Å². The number of halogens is 2. The third-order valence-corrected chi connectivity index (χ3v) is 4.49. The van der Waals surface area contributed by atoms with E-state index in [1.165, 1.54) is 12.1 Å². The molecule has 1 aromatic rings. The molecule has 0 aromatic heterocycles. The van der Waals surface area contributed by atoms with Gasteiger partial charge >= 0.3 is 0 Å². The minimum absolute atomic E-state index is 0. The number of carbonyl (C=O) groups is 2. The molecule has 0 aliphatic carbocycles. The lowest BCUT2D eigenvalue weighted by Gasteiger charge is -2.18. The minimum atomic E-state index is -0.345. The Kier molecular flexibility index (Phi) is 11.6. The molecular weight excluding hydrogens is 488 g/mol. The van der Waals surface area contributed by atoms with Crippen LogP contribution < -0.4 is 16.0 Å². The van der Waals surface area contributed by atoms with E-state index in [0.717, 1.165) is 19.5 Å². The van der Waals surface area contributed by atoms with Gasteiger partial charge in [-0.05, 0) is 31.0 Å². The highest BCUT2D eigenvalue weighted by atomic mass is 127.